The second kappa shape index (κ2) is 5.02. The Morgan fingerprint density at radius 2 is 1.95 bits per heavy atom. The quantitative estimate of drug-likeness (QED) is 0.759. The van der Waals surface area contributed by atoms with Gasteiger partial charge < -0.3 is 5.73 Å². The fourth-order valence-corrected chi connectivity index (χ4v) is 3.34. The number of benzene rings is 1. The lowest BCUT2D eigenvalue weighted by molar-refractivity contribution is 0.887. The fraction of sp³-hybridized carbons (Fsp3) is 0.188. The van der Waals surface area contributed by atoms with Crippen LogP contribution in [0.4, 0.5) is 5.82 Å². The van der Waals surface area contributed by atoms with Gasteiger partial charge in [0.05, 0.1) is 5.69 Å². The minimum absolute atomic E-state index is 0.603. The maximum absolute atomic E-state index is 5.82. The van der Waals surface area contributed by atoms with Crippen LogP contribution >= 0.6 is 11.3 Å². The number of hydrogen-bond acceptors (Lipinski definition) is 3. The largest absolute Gasteiger partial charge is 0.384 e. The van der Waals surface area contributed by atoms with Crippen LogP contribution in [0.1, 0.15) is 19.0 Å². The van der Waals surface area contributed by atoms with E-state index >= 15 is 0 Å². The van der Waals surface area contributed by atoms with E-state index in [2.05, 4.69) is 47.6 Å². The highest BCUT2D eigenvalue weighted by Crippen LogP contribution is 2.35. The van der Waals surface area contributed by atoms with Gasteiger partial charge in [0.1, 0.15) is 5.82 Å². The Kier molecular flexibility index (Phi) is 3.22. The van der Waals surface area contributed by atoms with Gasteiger partial charge in [-0.2, -0.15) is 0 Å². The van der Waals surface area contributed by atoms with Crippen LogP contribution < -0.4 is 5.73 Å². The molecule has 19 heavy (non-hydrogen) atoms. The summed E-state index contributed by atoms with van der Waals surface area (Å²) in [6.07, 6.45) is 2.04. The first-order valence-corrected chi connectivity index (χ1v) is 7.39. The van der Waals surface area contributed by atoms with Crippen LogP contribution in [0, 0.1) is 0 Å². The number of nitrogen functional groups attached to an aromatic ring is 1. The van der Waals surface area contributed by atoms with Crippen molar-refractivity contribution in [3.63, 3.8) is 0 Å². The Labute approximate surface area is 116 Å². The second-order valence-electron chi connectivity index (χ2n) is 4.63. The zero-order valence-electron chi connectivity index (χ0n) is 10.9. The van der Waals surface area contributed by atoms with Gasteiger partial charge in [0.15, 0.2) is 0 Å². The van der Waals surface area contributed by atoms with Crippen molar-refractivity contribution < 1.29 is 0 Å². The number of fused-ring (bicyclic) bond motifs is 1. The van der Waals surface area contributed by atoms with Crippen LogP contribution in [0.15, 0.2) is 41.8 Å². The number of aryl methyl sites for hydroxylation is 1. The van der Waals surface area contributed by atoms with E-state index in [1.165, 1.54) is 21.2 Å². The minimum Gasteiger partial charge on any atom is -0.384 e. The number of thiophene rings is 1. The lowest BCUT2D eigenvalue weighted by Crippen LogP contribution is -1.98. The Bertz CT molecular complexity index is 716. The van der Waals surface area contributed by atoms with E-state index in [-0.39, 0.29) is 0 Å². The van der Waals surface area contributed by atoms with Crippen LogP contribution in [0.2, 0.25) is 0 Å². The molecule has 3 heteroatoms. The van der Waals surface area contributed by atoms with Crippen LogP contribution in [0.3, 0.4) is 0 Å². The Hall–Kier alpha value is -1.87. The second-order valence-corrected chi connectivity index (χ2v) is 5.54. The zero-order valence-corrected chi connectivity index (χ0v) is 11.7. The predicted molar refractivity (Wildman–Crippen MR) is 83.5 cm³/mol. The van der Waals surface area contributed by atoms with Crippen LogP contribution in [0.5, 0.6) is 0 Å². The lowest BCUT2D eigenvalue weighted by Gasteiger charge is -2.08. The van der Waals surface area contributed by atoms with Gasteiger partial charge in [-0.15, -0.1) is 11.3 Å². The van der Waals surface area contributed by atoms with Gasteiger partial charge in [-0.05, 0) is 30.0 Å². The monoisotopic (exact) mass is 268 g/mol. The third kappa shape index (κ3) is 2.22. The molecule has 2 aromatic heterocycles. The summed E-state index contributed by atoms with van der Waals surface area (Å²) in [5.41, 5.74) is 9.41. The van der Waals surface area contributed by atoms with E-state index in [1.807, 2.05) is 6.07 Å². The van der Waals surface area contributed by atoms with E-state index in [0.717, 1.165) is 18.5 Å². The molecular weight excluding hydrogens is 252 g/mol. The van der Waals surface area contributed by atoms with Crippen LogP contribution in [-0.4, -0.2) is 4.98 Å². The van der Waals surface area contributed by atoms with Crippen LogP contribution in [0.25, 0.3) is 21.2 Å². The minimum atomic E-state index is 0.603. The van der Waals surface area contributed by atoms with Gasteiger partial charge in [0.25, 0.3) is 0 Å². The number of nitrogens with two attached hydrogens (primary N) is 1. The molecule has 2 N–H and O–H groups in total. The smallest absolute Gasteiger partial charge is 0.123 e. The standard InChI is InChI=1S/C16H16N2S/c1-2-5-14-11(8-9-16(17)18-14)13-10-19-15-7-4-3-6-12(13)15/h3-4,6-10H,2,5H2,1H3,(H2,17,18). The molecule has 2 nitrogen and oxygen atoms in total. The number of anilines is 1. The van der Waals surface area contributed by atoms with Gasteiger partial charge in [0, 0.05) is 21.2 Å². The van der Waals surface area contributed by atoms with E-state index in [0.29, 0.717) is 5.82 Å². The van der Waals surface area contributed by atoms with Crippen molar-refractivity contribution in [1.29, 1.82) is 0 Å². The number of hydrogen-bond donors (Lipinski definition) is 1. The molecule has 0 aliphatic carbocycles. The lowest BCUT2D eigenvalue weighted by atomic mass is 10.0. The third-order valence-corrected chi connectivity index (χ3v) is 4.22. The summed E-state index contributed by atoms with van der Waals surface area (Å²) in [7, 11) is 0. The Balaban J connectivity index is 2.21. The Morgan fingerprint density at radius 3 is 2.79 bits per heavy atom. The maximum Gasteiger partial charge on any atom is 0.123 e. The summed E-state index contributed by atoms with van der Waals surface area (Å²) in [6.45, 7) is 2.17. The van der Waals surface area contributed by atoms with Crippen molar-refractivity contribution >= 4 is 27.2 Å². The average Bonchev–Trinajstić information content (AvgIpc) is 2.83. The first-order chi connectivity index (χ1) is 9.29. The van der Waals surface area contributed by atoms with E-state index in [9.17, 15) is 0 Å². The molecule has 0 fully saturated rings. The third-order valence-electron chi connectivity index (χ3n) is 3.25. The summed E-state index contributed by atoms with van der Waals surface area (Å²) in [5, 5.41) is 3.52. The molecule has 1 aromatic carbocycles. The van der Waals surface area contributed by atoms with Gasteiger partial charge >= 0.3 is 0 Å². The Morgan fingerprint density at radius 1 is 1.11 bits per heavy atom. The summed E-state index contributed by atoms with van der Waals surface area (Å²) < 4.78 is 1.32. The highest BCUT2D eigenvalue weighted by molar-refractivity contribution is 7.17. The maximum atomic E-state index is 5.82. The normalized spacial score (nSPS) is 11.0. The molecule has 0 spiro atoms. The number of nitrogens with zero attached hydrogens (tertiary/aromatic N) is 1. The number of rotatable bonds is 3. The average molecular weight is 268 g/mol. The van der Waals surface area contributed by atoms with E-state index in [4.69, 9.17) is 5.73 Å². The van der Waals surface area contributed by atoms with E-state index in [1.54, 1.807) is 11.3 Å². The summed E-state index contributed by atoms with van der Waals surface area (Å²) >= 11 is 1.78. The molecule has 3 rings (SSSR count). The molecule has 2 heterocycles. The van der Waals surface area contributed by atoms with E-state index < -0.39 is 0 Å². The first-order valence-electron chi connectivity index (χ1n) is 6.51. The van der Waals surface area contributed by atoms with Gasteiger partial charge in [-0.25, -0.2) is 4.98 Å². The molecule has 0 radical (unpaired) electrons. The fourth-order valence-electron chi connectivity index (χ4n) is 2.38. The summed E-state index contributed by atoms with van der Waals surface area (Å²) in [6, 6.07) is 12.5. The molecular formula is C16H16N2S. The SMILES string of the molecule is CCCc1nc(N)ccc1-c1csc2ccccc12. The molecule has 0 saturated carbocycles. The van der Waals surface area contributed by atoms with Crippen molar-refractivity contribution in [3.05, 3.63) is 47.5 Å². The molecule has 0 aliphatic heterocycles. The number of aromatic nitrogens is 1. The number of pyridine rings is 1. The van der Waals surface area contributed by atoms with Crippen molar-refractivity contribution in [3.8, 4) is 11.1 Å². The molecule has 0 saturated heterocycles. The molecule has 0 atom stereocenters. The molecule has 0 aliphatic rings. The van der Waals surface area contributed by atoms with Gasteiger partial charge in [-0.3, -0.25) is 0 Å². The molecule has 0 unspecified atom stereocenters. The first kappa shape index (κ1) is 12.2. The van der Waals surface area contributed by atoms with Crippen LogP contribution in [-0.2, 0) is 6.42 Å². The van der Waals surface area contributed by atoms with Gasteiger partial charge in [-0.1, -0.05) is 31.5 Å². The van der Waals surface area contributed by atoms with Crippen molar-refractivity contribution in [2.45, 2.75) is 19.8 Å². The molecule has 3 aromatic rings. The zero-order chi connectivity index (χ0) is 13.2. The summed E-state index contributed by atoms with van der Waals surface area (Å²) in [4.78, 5) is 4.51. The predicted octanol–water partition coefficient (Wildman–Crippen LogP) is 4.50. The molecule has 96 valence electrons. The summed E-state index contributed by atoms with van der Waals surface area (Å²) in [5.74, 6) is 0.603. The van der Waals surface area contributed by atoms with Crippen molar-refractivity contribution in [2.24, 2.45) is 0 Å². The highest BCUT2D eigenvalue weighted by Gasteiger charge is 2.11. The molecule has 0 bridgehead atoms. The van der Waals surface area contributed by atoms with Crippen molar-refractivity contribution in [2.75, 3.05) is 5.73 Å². The van der Waals surface area contributed by atoms with Gasteiger partial charge in [0.2, 0.25) is 0 Å². The molecule has 0 amide bonds. The van der Waals surface area contributed by atoms with Crippen molar-refractivity contribution in [1.82, 2.24) is 4.98 Å². The highest BCUT2D eigenvalue weighted by atomic mass is 32.1. The topological polar surface area (TPSA) is 38.9 Å².